The SMILES string of the molecule is CCc1ncccc1OC1CCC(Nc2cc3c(cn2)c(-c2cnn(C)c2)nn3C)CC1. The highest BCUT2D eigenvalue weighted by Crippen LogP contribution is 2.30. The first-order valence-electron chi connectivity index (χ1n) is 11.3. The maximum absolute atomic E-state index is 6.27. The fourth-order valence-corrected chi connectivity index (χ4v) is 4.50. The summed E-state index contributed by atoms with van der Waals surface area (Å²) < 4.78 is 9.97. The molecule has 1 aliphatic carbocycles. The zero-order valence-corrected chi connectivity index (χ0v) is 18.8. The first-order chi connectivity index (χ1) is 15.6. The van der Waals surface area contributed by atoms with E-state index in [0.29, 0.717) is 6.04 Å². The molecule has 0 bridgehead atoms. The lowest BCUT2D eigenvalue weighted by Crippen LogP contribution is -2.31. The average Bonchev–Trinajstić information content (AvgIpc) is 3.38. The van der Waals surface area contributed by atoms with Crippen molar-refractivity contribution in [2.45, 2.75) is 51.2 Å². The molecule has 0 saturated heterocycles. The highest BCUT2D eigenvalue weighted by Gasteiger charge is 2.24. The molecule has 4 heterocycles. The van der Waals surface area contributed by atoms with E-state index in [1.165, 1.54) is 0 Å². The zero-order valence-electron chi connectivity index (χ0n) is 18.8. The van der Waals surface area contributed by atoms with Crippen LogP contribution in [-0.4, -0.2) is 41.7 Å². The van der Waals surface area contributed by atoms with Crippen molar-refractivity contribution in [1.82, 2.24) is 29.5 Å². The van der Waals surface area contributed by atoms with E-state index >= 15 is 0 Å². The second-order valence-electron chi connectivity index (χ2n) is 8.50. The lowest BCUT2D eigenvalue weighted by Gasteiger charge is -2.30. The van der Waals surface area contributed by atoms with Crippen molar-refractivity contribution in [3.05, 3.63) is 48.7 Å². The van der Waals surface area contributed by atoms with Crippen LogP contribution in [0.5, 0.6) is 5.75 Å². The van der Waals surface area contributed by atoms with Crippen LogP contribution in [0.15, 0.2) is 43.0 Å². The Bertz CT molecular complexity index is 1220. The van der Waals surface area contributed by atoms with Gasteiger partial charge in [-0.2, -0.15) is 10.2 Å². The number of hydrogen-bond acceptors (Lipinski definition) is 6. The lowest BCUT2D eigenvalue weighted by atomic mass is 9.93. The van der Waals surface area contributed by atoms with Crippen LogP contribution in [0.4, 0.5) is 5.82 Å². The van der Waals surface area contributed by atoms with E-state index < -0.39 is 0 Å². The molecule has 0 spiro atoms. The number of pyridine rings is 2. The molecular weight excluding hydrogens is 402 g/mol. The van der Waals surface area contributed by atoms with Crippen molar-refractivity contribution < 1.29 is 4.74 Å². The summed E-state index contributed by atoms with van der Waals surface area (Å²) in [5, 5.41) is 13.6. The number of aryl methyl sites for hydroxylation is 3. The van der Waals surface area contributed by atoms with Crippen LogP contribution in [0.3, 0.4) is 0 Å². The van der Waals surface area contributed by atoms with E-state index in [1.807, 2.05) is 55.7 Å². The van der Waals surface area contributed by atoms with Gasteiger partial charge in [-0.1, -0.05) is 6.92 Å². The smallest absolute Gasteiger partial charge is 0.141 e. The standard InChI is InChI=1S/C24H29N7O/c1-4-20-22(6-5-11-25-20)32-18-9-7-17(8-10-18)28-23-12-21-19(14-26-23)24(29-31(21)3)16-13-27-30(2)15-16/h5-6,11-15,17-18H,4,7-10H2,1-3H3,(H,26,28). The van der Waals surface area contributed by atoms with Crippen LogP contribution in [-0.2, 0) is 20.5 Å². The molecular formula is C24H29N7O. The number of hydrogen-bond donors (Lipinski definition) is 1. The minimum atomic E-state index is 0.247. The van der Waals surface area contributed by atoms with Crippen LogP contribution >= 0.6 is 0 Å². The monoisotopic (exact) mass is 431 g/mol. The van der Waals surface area contributed by atoms with Crippen molar-refractivity contribution in [3.8, 4) is 17.0 Å². The first kappa shape index (κ1) is 20.5. The third-order valence-corrected chi connectivity index (χ3v) is 6.22. The molecule has 0 unspecified atom stereocenters. The topological polar surface area (TPSA) is 82.7 Å². The number of nitrogens with zero attached hydrogens (tertiary/aromatic N) is 6. The molecule has 1 N–H and O–H groups in total. The summed E-state index contributed by atoms with van der Waals surface area (Å²) in [6, 6.07) is 6.46. The summed E-state index contributed by atoms with van der Waals surface area (Å²) in [7, 11) is 3.88. The summed E-state index contributed by atoms with van der Waals surface area (Å²) in [6.07, 6.45) is 12.8. The molecule has 8 nitrogen and oxygen atoms in total. The van der Waals surface area contributed by atoms with Gasteiger partial charge in [0.15, 0.2) is 0 Å². The molecule has 0 aromatic carbocycles. The van der Waals surface area contributed by atoms with Gasteiger partial charge >= 0.3 is 0 Å². The largest absolute Gasteiger partial charge is 0.489 e. The molecule has 8 heteroatoms. The molecule has 0 radical (unpaired) electrons. The Kier molecular flexibility index (Phi) is 5.51. The Morgan fingerprint density at radius 2 is 1.97 bits per heavy atom. The summed E-state index contributed by atoms with van der Waals surface area (Å²) in [6.45, 7) is 2.11. The van der Waals surface area contributed by atoms with Crippen molar-refractivity contribution in [2.75, 3.05) is 5.32 Å². The highest BCUT2D eigenvalue weighted by atomic mass is 16.5. The average molecular weight is 432 g/mol. The quantitative estimate of drug-likeness (QED) is 0.494. The van der Waals surface area contributed by atoms with Crippen LogP contribution in [0.1, 0.15) is 38.3 Å². The fourth-order valence-electron chi connectivity index (χ4n) is 4.50. The maximum atomic E-state index is 6.27. The number of fused-ring (bicyclic) bond motifs is 1. The predicted molar refractivity (Wildman–Crippen MR) is 125 cm³/mol. The number of nitrogens with one attached hydrogen (secondary N) is 1. The van der Waals surface area contributed by atoms with Crippen molar-refractivity contribution in [3.63, 3.8) is 0 Å². The van der Waals surface area contributed by atoms with Gasteiger partial charge < -0.3 is 10.1 Å². The summed E-state index contributed by atoms with van der Waals surface area (Å²) in [4.78, 5) is 9.12. The second kappa shape index (κ2) is 8.61. The highest BCUT2D eigenvalue weighted by molar-refractivity contribution is 5.93. The van der Waals surface area contributed by atoms with Crippen LogP contribution < -0.4 is 10.1 Å². The Balaban J connectivity index is 1.24. The van der Waals surface area contributed by atoms with Crippen molar-refractivity contribution in [2.24, 2.45) is 14.1 Å². The summed E-state index contributed by atoms with van der Waals surface area (Å²) in [5.41, 5.74) is 4.00. The fraction of sp³-hybridized carbons (Fsp3) is 0.417. The molecule has 4 aromatic rings. The van der Waals surface area contributed by atoms with Gasteiger partial charge in [0.2, 0.25) is 0 Å². The molecule has 1 fully saturated rings. The van der Waals surface area contributed by atoms with Crippen molar-refractivity contribution >= 4 is 16.7 Å². The van der Waals surface area contributed by atoms with Gasteiger partial charge in [-0.05, 0) is 44.2 Å². The van der Waals surface area contributed by atoms with E-state index in [2.05, 4.69) is 33.4 Å². The maximum Gasteiger partial charge on any atom is 0.141 e. The number of ether oxygens (including phenoxy) is 1. The Hall–Kier alpha value is -3.42. The Morgan fingerprint density at radius 3 is 2.72 bits per heavy atom. The van der Waals surface area contributed by atoms with E-state index in [-0.39, 0.29) is 6.10 Å². The van der Waals surface area contributed by atoms with Crippen LogP contribution in [0.25, 0.3) is 22.2 Å². The normalized spacial score (nSPS) is 18.7. The minimum absolute atomic E-state index is 0.247. The van der Waals surface area contributed by atoms with Gasteiger partial charge in [0.05, 0.1) is 23.5 Å². The Labute approximate surface area is 187 Å². The molecule has 1 saturated carbocycles. The molecule has 1 aliphatic rings. The van der Waals surface area contributed by atoms with Crippen LogP contribution in [0, 0.1) is 0 Å². The van der Waals surface area contributed by atoms with Gasteiger partial charge in [-0.15, -0.1) is 0 Å². The zero-order chi connectivity index (χ0) is 22.1. The third kappa shape index (κ3) is 4.04. The van der Waals surface area contributed by atoms with Gasteiger partial charge in [0, 0.05) is 55.7 Å². The second-order valence-corrected chi connectivity index (χ2v) is 8.50. The van der Waals surface area contributed by atoms with Gasteiger partial charge in [-0.3, -0.25) is 14.3 Å². The van der Waals surface area contributed by atoms with Gasteiger partial charge in [0.25, 0.3) is 0 Å². The Morgan fingerprint density at radius 1 is 1.12 bits per heavy atom. The van der Waals surface area contributed by atoms with Crippen molar-refractivity contribution in [1.29, 1.82) is 0 Å². The van der Waals surface area contributed by atoms with Gasteiger partial charge in [-0.25, -0.2) is 4.98 Å². The van der Waals surface area contributed by atoms with Gasteiger partial charge in [0.1, 0.15) is 17.3 Å². The minimum Gasteiger partial charge on any atom is -0.489 e. The third-order valence-electron chi connectivity index (χ3n) is 6.22. The molecule has 32 heavy (non-hydrogen) atoms. The molecule has 0 atom stereocenters. The van der Waals surface area contributed by atoms with E-state index in [9.17, 15) is 0 Å². The van der Waals surface area contributed by atoms with E-state index in [1.54, 1.807) is 4.68 Å². The lowest BCUT2D eigenvalue weighted by molar-refractivity contribution is 0.148. The molecule has 0 amide bonds. The summed E-state index contributed by atoms with van der Waals surface area (Å²) in [5.74, 6) is 1.82. The molecule has 4 aromatic heterocycles. The number of aromatic nitrogens is 6. The first-order valence-corrected chi connectivity index (χ1v) is 11.3. The predicted octanol–water partition coefficient (Wildman–Crippen LogP) is 4.13. The van der Waals surface area contributed by atoms with E-state index in [0.717, 1.165) is 71.5 Å². The molecule has 0 aliphatic heterocycles. The molecule has 166 valence electrons. The van der Waals surface area contributed by atoms with Crippen LogP contribution in [0.2, 0.25) is 0 Å². The van der Waals surface area contributed by atoms with E-state index in [4.69, 9.17) is 9.84 Å². The number of anilines is 1. The number of rotatable bonds is 6. The molecule has 5 rings (SSSR count). The summed E-state index contributed by atoms with van der Waals surface area (Å²) >= 11 is 0.